The topological polar surface area (TPSA) is 66.8 Å². The first-order chi connectivity index (χ1) is 9.22. The van der Waals surface area contributed by atoms with Crippen molar-refractivity contribution in [2.24, 2.45) is 5.92 Å². The van der Waals surface area contributed by atoms with Crippen molar-refractivity contribution in [3.8, 4) is 0 Å². The number of ether oxygens (including phenoxy) is 1. The Balaban J connectivity index is 2.78. The van der Waals surface area contributed by atoms with Crippen LogP contribution in [-0.2, 0) is 9.53 Å². The molecule has 0 radical (unpaired) electrons. The Morgan fingerprint density at radius 3 is 2.05 bits per heavy atom. The van der Waals surface area contributed by atoms with Gasteiger partial charge in [0.1, 0.15) is 11.6 Å². The molecule has 5 nitrogen and oxygen atoms in total. The maximum absolute atomic E-state index is 12.1. The molecule has 0 spiro atoms. The van der Waals surface area contributed by atoms with Gasteiger partial charge in [0.15, 0.2) is 0 Å². The van der Waals surface area contributed by atoms with E-state index in [0.717, 1.165) is 38.5 Å². The lowest BCUT2D eigenvalue weighted by Crippen LogP contribution is -2.48. The van der Waals surface area contributed by atoms with Crippen LogP contribution in [0.25, 0.3) is 0 Å². The predicted molar refractivity (Wildman–Crippen MR) is 76.6 cm³/mol. The standard InChI is InChI=1S/C15H27NO4/c1-15(2,3)20-14(19)16(4)12(13(17)18)11-9-7-5-6-8-10-11/h11-12H,5-10H2,1-4H3,(H,17,18). The first-order valence-corrected chi connectivity index (χ1v) is 7.41. The van der Waals surface area contributed by atoms with Crippen LogP contribution < -0.4 is 0 Å². The number of rotatable bonds is 3. The van der Waals surface area contributed by atoms with E-state index < -0.39 is 23.7 Å². The summed E-state index contributed by atoms with van der Waals surface area (Å²) in [6.07, 6.45) is 5.55. The summed E-state index contributed by atoms with van der Waals surface area (Å²) >= 11 is 0. The van der Waals surface area contributed by atoms with Gasteiger partial charge < -0.3 is 9.84 Å². The summed E-state index contributed by atoms with van der Waals surface area (Å²) in [5.74, 6) is -0.919. The summed E-state index contributed by atoms with van der Waals surface area (Å²) in [7, 11) is 1.53. The second-order valence-corrected chi connectivity index (χ2v) is 6.63. The van der Waals surface area contributed by atoms with Crippen molar-refractivity contribution in [3.05, 3.63) is 0 Å². The molecular formula is C15H27NO4. The van der Waals surface area contributed by atoms with E-state index in [-0.39, 0.29) is 5.92 Å². The van der Waals surface area contributed by atoms with Gasteiger partial charge in [0.05, 0.1) is 0 Å². The molecule has 1 N–H and O–H groups in total. The number of carboxylic acid groups (broad SMARTS) is 1. The second kappa shape index (κ2) is 6.95. The Kier molecular flexibility index (Phi) is 5.84. The van der Waals surface area contributed by atoms with E-state index in [2.05, 4.69) is 0 Å². The highest BCUT2D eigenvalue weighted by molar-refractivity contribution is 5.80. The molecule has 0 aliphatic heterocycles. The van der Waals surface area contributed by atoms with Crippen molar-refractivity contribution in [1.29, 1.82) is 0 Å². The zero-order valence-electron chi connectivity index (χ0n) is 13.0. The molecule has 0 saturated heterocycles. The molecule has 1 saturated carbocycles. The minimum Gasteiger partial charge on any atom is -0.480 e. The van der Waals surface area contributed by atoms with Gasteiger partial charge in [-0.25, -0.2) is 9.59 Å². The van der Waals surface area contributed by atoms with Gasteiger partial charge in [-0.2, -0.15) is 0 Å². The molecule has 1 aliphatic rings. The smallest absolute Gasteiger partial charge is 0.410 e. The zero-order valence-corrected chi connectivity index (χ0v) is 13.0. The van der Waals surface area contributed by atoms with Crippen LogP contribution in [0.3, 0.4) is 0 Å². The van der Waals surface area contributed by atoms with Crippen molar-refractivity contribution in [1.82, 2.24) is 4.90 Å². The second-order valence-electron chi connectivity index (χ2n) is 6.63. The van der Waals surface area contributed by atoms with E-state index in [1.807, 2.05) is 0 Å². The average Bonchev–Trinajstić information content (AvgIpc) is 2.55. The fourth-order valence-corrected chi connectivity index (χ4v) is 2.76. The van der Waals surface area contributed by atoms with Crippen molar-refractivity contribution >= 4 is 12.1 Å². The number of carboxylic acids is 1. The monoisotopic (exact) mass is 285 g/mol. The molecule has 20 heavy (non-hydrogen) atoms. The van der Waals surface area contributed by atoms with Crippen LogP contribution in [0.4, 0.5) is 4.79 Å². The van der Waals surface area contributed by atoms with E-state index in [1.165, 1.54) is 11.9 Å². The number of likely N-dealkylation sites (N-methyl/N-ethyl adjacent to an activating group) is 1. The third kappa shape index (κ3) is 5.02. The molecular weight excluding hydrogens is 258 g/mol. The van der Waals surface area contributed by atoms with Crippen molar-refractivity contribution < 1.29 is 19.4 Å². The molecule has 5 heteroatoms. The molecule has 1 amide bonds. The third-order valence-corrected chi connectivity index (χ3v) is 3.70. The molecule has 0 aromatic carbocycles. The number of hydrogen-bond acceptors (Lipinski definition) is 3. The summed E-state index contributed by atoms with van der Waals surface area (Å²) in [6.45, 7) is 5.33. The number of amides is 1. The Labute approximate surface area is 121 Å². The quantitative estimate of drug-likeness (QED) is 0.808. The molecule has 1 fully saturated rings. The lowest BCUT2D eigenvalue weighted by Gasteiger charge is -2.32. The van der Waals surface area contributed by atoms with Gasteiger partial charge in [-0.15, -0.1) is 0 Å². The lowest BCUT2D eigenvalue weighted by atomic mass is 9.91. The average molecular weight is 285 g/mol. The molecule has 116 valence electrons. The predicted octanol–water partition coefficient (Wildman–Crippen LogP) is 3.28. The number of carbonyl (C=O) groups excluding carboxylic acids is 1. The maximum Gasteiger partial charge on any atom is 0.410 e. The van der Waals surface area contributed by atoms with Crippen LogP contribution in [0.15, 0.2) is 0 Å². The fourth-order valence-electron chi connectivity index (χ4n) is 2.76. The SMILES string of the molecule is CN(C(=O)OC(C)(C)C)C(C(=O)O)C1CCCCCC1. The van der Waals surface area contributed by atoms with E-state index in [9.17, 15) is 14.7 Å². The number of carbonyl (C=O) groups is 2. The van der Waals surface area contributed by atoms with Crippen LogP contribution in [-0.4, -0.2) is 40.8 Å². The highest BCUT2D eigenvalue weighted by Crippen LogP contribution is 2.28. The first kappa shape index (κ1) is 16.8. The van der Waals surface area contributed by atoms with Gasteiger partial charge in [0, 0.05) is 7.05 Å². The van der Waals surface area contributed by atoms with E-state index >= 15 is 0 Å². The van der Waals surface area contributed by atoms with Crippen LogP contribution in [0.5, 0.6) is 0 Å². The molecule has 1 rings (SSSR count). The van der Waals surface area contributed by atoms with Crippen molar-refractivity contribution in [2.45, 2.75) is 70.9 Å². The summed E-state index contributed by atoms with van der Waals surface area (Å²) in [5, 5.41) is 9.49. The Hall–Kier alpha value is -1.26. The first-order valence-electron chi connectivity index (χ1n) is 7.41. The highest BCUT2D eigenvalue weighted by atomic mass is 16.6. The van der Waals surface area contributed by atoms with Crippen LogP contribution in [0.2, 0.25) is 0 Å². The molecule has 0 bridgehead atoms. The van der Waals surface area contributed by atoms with Gasteiger partial charge in [0.2, 0.25) is 0 Å². The van der Waals surface area contributed by atoms with Gasteiger partial charge in [-0.3, -0.25) is 4.90 Å². The highest BCUT2D eigenvalue weighted by Gasteiger charge is 2.36. The summed E-state index contributed by atoms with van der Waals surface area (Å²) in [5.41, 5.74) is -0.613. The zero-order chi connectivity index (χ0) is 15.3. The van der Waals surface area contributed by atoms with E-state index in [1.54, 1.807) is 20.8 Å². The molecule has 1 atom stereocenters. The van der Waals surface area contributed by atoms with Crippen LogP contribution >= 0.6 is 0 Å². The molecule has 1 unspecified atom stereocenters. The Bertz CT molecular complexity index is 340. The molecule has 0 aromatic rings. The van der Waals surface area contributed by atoms with E-state index in [4.69, 9.17) is 4.74 Å². The van der Waals surface area contributed by atoms with Gasteiger partial charge in [0.25, 0.3) is 0 Å². The lowest BCUT2D eigenvalue weighted by molar-refractivity contribution is -0.145. The maximum atomic E-state index is 12.1. The largest absolute Gasteiger partial charge is 0.480 e. The van der Waals surface area contributed by atoms with Gasteiger partial charge in [-0.1, -0.05) is 25.7 Å². The summed E-state index contributed by atoms with van der Waals surface area (Å²) < 4.78 is 5.28. The van der Waals surface area contributed by atoms with E-state index in [0.29, 0.717) is 0 Å². The van der Waals surface area contributed by atoms with Crippen LogP contribution in [0, 0.1) is 5.92 Å². The van der Waals surface area contributed by atoms with Gasteiger partial charge in [-0.05, 0) is 39.5 Å². The fraction of sp³-hybridized carbons (Fsp3) is 0.867. The number of nitrogens with zero attached hydrogens (tertiary/aromatic N) is 1. The summed E-state index contributed by atoms with van der Waals surface area (Å²) in [6, 6.07) is -0.789. The molecule has 0 aromatic heterocycles. The normalized spacial score (nSPS) is 19.0. The molecule has 1 aliphatic carbocycles. The third-order valence-electron chi connectivity index (χ3n) is 3.70. The minimum atomic E-state index is -0.940. The van der Waals surface area contributed by atoms with Crippen molar-refractivity contribution in [2.75, 3.05) is 7.05 Å². The van der Waals surface area contributed by atoms with Crippen molar-refractivity contribution in [3.63, 3.8) is 0 Å². The Morgan fingerprint density at radius 2 is 1.65 bits per heavy atom. The van der Waals surface area contributed by atoms with Gasteiger partial charge >= 0.3 is 12.1 Å². The number of hydrogen-bond donors (Lipinski definition) is 1. The Morgan fingerprint density at radius 1 is 1.15 bits per heavy atom. The van der Waals surface area contributed by atoms with Crippen LogP contribution in [0.1, 0.15) is 59.3 Å². The number of aliphatic carboxylic acids is 1. The summed E-state index contributed by atoms with van der Waals surface area (Å²) in [4.78, 5) is 24.9. The minimum absolute atomic E-state index is 0.0209. The molecule has 0 heterocycles.